The molecule has 92 valence electrons. The maximum absolute atomic E-state index is 11.5. The summed E-state index contributed by atoms with van der Waals surface area (Å²) in [6.07, 6.45) is 1.23. The van der Waals surface area contributed by atoms with E-state index in [9.17, 15) is 9.90 Å². The predicted molar refractivity (Wildman–Crippen MR) is 68.9 cm³/mol. The van der Waals surface area contributed by atoms with Crippen LogP contribution in [0.3, 0.4) is 0 Å². The van der Waals surface area contributed by atoms with Gasteiger partial charge in [-0.25, -0.2) is 4.98 Å². The Hall–Kier alpha value is -2.63. The molecule has 0 fully saturated rings. The van der Waals surface area contributed by atoms with Crippen molar-refractivity contribution in [3.05, 3.63) is 52.1 Å². The zero-order valence-electron chi connectivity index (χ0n) is 9.71. The summed E-state index contributed by atoms with van der Waals surface area (Å²) in [6.45, 7) is 1.59. The highest BCUT2D eigenvalue weighted by molar-refractivity contribution is 5.82. The van der Waals surface area contributed by atoms with Crippen LogP contribution < -0.4 is 11.0 Å². The Morgan fingerprint density at radius 1 is 1.39 bits per heavy atom. The van der Waals surface area contributed by atoms with E-state index in [0.29, 0.717) is 5.82 Å². The van der Waals surface area contributed by atoms with Gasteiger partial charge in [0, 0.05) is 0 Å². The van der Waals surface area contributed by atoms with Crippen LogP contribution in [-0.4, -0.2) is 21.3 Å². The Balaban J connectivity index is 2.18. The third-order valence-corrected chi connectivity index (χ3v) is 2.21. The zero-order chi connectivity index (χ0) is 13.0. The highest BCUT2D eigenvalue weighted by atomic mass is 16.3. The summed E-state index contributed by atoms with van der Waals surface area (Å²) in [5, 5.41) is 13.4. The van der Waals surface area contributed by atoms with Crippen LogP contribution in [0, 0.1) is 6.92 Å². The molecule has 6 heteroatoms. The van der Waals surface area contributed by atoms with Gasteiger partial charge in [-0.1, -0.05) is 18.2 Å². The molecular weight excluding hydrogens is 232 g/mol. The van der Waals surface area contributed by atoms with Gasteiger partial charge in [-0.3, -0.25) is 10.2 Å². The summed E-state index contributed by atoms with van der Waals surface area (Å²) in [5.41, 5.74) is 3.11. The molecule has 0 atom stereocenters. The number of hydrazone groups is 1. The predicted octanol–water partition coefficient (Wildman–Crippen LogP) is 1.23. The van der Waals surface area contributed by atoms with Crippen molar-refractivity contribution in [3.63, 3.8) is 0 Å². The molecule has 0 bridgehead atoms. The Labute approximate surface area is 103 Å². The molecule has 0 unspecified atom stereocenters. The molecule has 0 saturated carbocycles. The monoisotopic (exact) mass is 244 g/mol. The maximum atomic E-state index is 11.5. The summed E-state index contributed by atoms with van der Waals surface area (Å²) < 4.78 is 0. The van der Waals surface area contributed by atoms with Crippen LogP contribution >= 0.6 is 0 Å². The SMILES string of the molecule is Cc1nc(O)c(/C=N\Nc2ccccc2)c(=O)[nH]1. The lowest BCUT2D eigenvalue weighted by Gasteiger charge is -2.00. The number of para-hydroxylation sites is 1. The van der Waals surface area contributed by atoms with Gasteiger partial charge in [0.05, 0.1) is 11.9 Å². The van der Waals surface area contributed by atoms with E-state index in [1.807, 2.05) is 30.3 Å². The van der Waals surface area contributed by atoms with Crippen LogP contribution in [0.5, 0.6) is 5.88 Å². The summed E-state index contributed by atoms with van der Waals surface area (Å²) in [5.74, 6) is 0.0144. The van der Waals surface area contributed by atoms with Crippen LogP contribution in [0.25, 0.3) is 0 Å². The van der Waals surface area contributed by atoms with E-state index in [4.69, 9.17) is 0 Å². The standard InChI is InChI=1S/C12H12N4O2/c1-8-14-11(17)10(12(18)15-8)7-13-16-9-5-3-2-4-6-9/h2-7,16H,1H3,(H2,14,15,17,18)/b13-7-. The largest absolute Gasteiger partial charge is 0.493 e. The second-order valence-electron chi connectivity index (χ2n) is 3.62. The fourth-order valence-electron chi connectivity index (χ4n) is 1.38. The lowest BCUT2D eigenvalue weighted by molar-refractivity contribution is 0.448. The van der Waals surface area contributed by atoms with Crippen LogP contribution in [0.2, 0.25) is 0 Å². The first kappa shape index (κ1) is 11.8. The molecule has 0 aliphatic heterocycles. The fraction of sp³-hybridized carbons (Fsp3) is 0.0833. The number of benzene rings is 1. The van der Waals surface area contributed by atoms with E-state index in [0.717, 1.165) is 5.69 Å². The Morgan fingerprint density at radius 2 is 2.11 bits per heavy atom. The number of aromatic amines is 1. The van der Waals surface area contributed by atoms with Crippen molar-refractivity contribution in [2.75, 3.05) is 5.43 Å². The topological polar surface area (TPSA) is 90.4 Å². The van der Waals surface area contributed by atoms with Crippen molar-refractivity contribution in [2.24, 2.45) is 5.10 Å². The molecule has 0 radical (unpaired) electrons. The number of anilines is 1. The third kappa shape index (κ3) is 2.73. The molecule has 18 heavy (non-hydrogen) atoms. The number of hydrogen-bond donors (Lipinski definition) is 3. The second kappa shape index (κ2) is 5.13. The molecule has 2 aromatic rings. The molecule has 0 spiro atoms. The third-order valence-electron chi connectivity index (χ3n) is 2.21. The van der Waals surface area contributed by atoms with E-state index in [1.165, 1.54) is 6.21 Å². The van der Waals surface area contributed by atoms with Crippen molar-refractivity contribution in [3.8, 4) is 5.88 Å². The van der Waals surface area contributed by atoms with Crippen molar-refractivity contribution < 1.29 is 5.11 Å². The number of nitrogens with one attached hydrogen (secondary N) is 2. The minimum absolute atomic E-state index is 0.0176. The molecule has 0 saturated heterocycles. The van der Waals surface area contributed by atoms with Gasteiger partial charge in [-0.2, -0.15) is 5.10 Å². The van der Waals surface area contributed by atoms with E-state index in [1.54, 1.807) is 6.92 Å². The highest BCUT2D eigenvalue weighted by Gasteiger charge is 2.05. The average molecular weight is 244 g/mol. The summed E-state index contributed by atoms with van der Waals surface area (Å²) >= 11 is 0. The van der Waals surface area contributed by atoms with Gasteiger partial charge < -0.3 is 10.1 Å². The smallest absolute Gasteiger partial charge is 0.263 e. The highest BCUT2D eigenvalue weighted by Crippen LogP contribution is 2.07. The Kier molecular flexibility index (Phi) is 3.38. The van der Waals surface area contributed by atoms with Crippen molar-refractivity contribution in [1.82, 2.24) is 9.97 Å². The van der Waals surface area contributed by atoms with E-state index < -0.39 is 5.56 Å². The average Bonchev–Trinajstić information content (AvgIpc) is 2.34. The second-order valence-corrected chi connectivity index (χ2v) is 3.62. The van der Waals surface area contributed by atoms with Crippen molar-refractivity contribution in [1.29, 1.82) is 0 Å². The number of H-pyrrole nitrogens is 1. The van der Waals surface area contributed by atoms with E-state index in [-0.39, 0.29) is 11.4 Å². The van der Waals surface area contributed by atoms with Gasteiger partial charge >= 0.3 is 0 Å². The first-order valence-corrected chi connectivity index (χ1v) is 5.31. The van der Waals surface area contributed by atoms with E-state index in [2.05, 4.69) is 20.5 Å². The Bertz CT molecular complexity index is 620. The molecule has 0 amide bonds. The Morgan fingerprint density at radius 3 is 2.78 bits per heavy atom. The fourth-order valence-corrected chi connectivity index (χ4v) is 1.38. The minimum atomic E-state index is -0.432. The van der Waals surface area contributed by atoms with Gasteiger partial charge in [0.1, 0.15) is 11.4 Å². The molecule has 0 aliphatic carbocycles. The van der Waals surface area contributed by atoms with Crippen LogP contribution in [0.4, 0.5) is 5.69 Å². The van der Waals surface area contributed by atoms with Crippen molar-refractivity contribution in [2.45, 2.75) is 6.92 Å². The van der Waals surface area contributed by atoms with Gasteiger partial charge in [0.2, 0.25) is 5.88 Å². The van der Waals surface area contributed by atoms with Crippen LogP contribution in [-0.2, 0) is 0 Å². The molecule has 1 aromatic heterocycles. The number of aromatic hydroxyl groups is 1. The maximum Gasteiger partial charge on any atom is 0.263 e. The van der Waals surface area contributed by atoms with Crippen LogP contribution in [0.15, 0.2) is 40.2 Å². The van der Waals surface area contributed by atoms with Crippen molar-refractivity contribution >= 4 is 11.9 Å². The number of nitrogens with zero attached hydrogens (tertiary/aromatic N) is 2. The molecule has 1 heterocycles. The van der Waals surface area contributed by atoms with Crippen LogP contribution in [0.1, 0.15) is 11.4 Å². The molecule has 0 aliphatic rings. The lowest BCUT2D eigenvalue weighted by Crippen LogP contribution is -2.15. The number of rotatable bonds is 3. The molecule has 3 N–H and O–H groups in total. The zero-order valence-corrected chi connectivity index (χ0v) is 9.71. The molecule has 2 rings (SSSR count). The summed E-state index contributed by atoms with van der Waals surface area (Å²) in [4.78, 5) is 17.8. The number of aromatic nitrogens is 2. The normalized spacial score (nSPS) is 10.7. The molecule has 6 nitrogen and oxygen atoms in total. The van der Waals surface area contributed by atoms with Gasteiger partial charge in [-0.15, -0.1) is 0 Å². The summed E-state index contributed by atoms with van der Waals surface area (Å²) in [7, 11) is 0. The number of aryl methyl sites for hydroxylation is 1. The minimum Gasteiger partial charge on any atom is -0.493 e. The first-order chi connectivity index (χ1) is 8.66. The molecule has 1 aromatic carbocycles. The van der Waals surface area contributed by atoms with Gasteiger partial charge in [0.15, 0.2) is 0 Å². The lowest BCUT2D eigenvalue weighted by atomic mass is 10.3. The quantitative estimate of drug-likeness (QED) is 0.559. The first-order valence-electron chi connectivity index (χ1n) is 5.31. The number of hydrogen-bond acceptors (Lipinski definition) is 5. The van der Waals surface area contributed by atoms with E-state index >= 15 is 0 Å². The molecular formula is C12H12N4O2. The van der Waals surface area contributed by atoms with Gasteiger partial charge in [-0.05, 0) is 19.1 Å². The van der Waals surface area contributed by atoms with Gasteiger partial charge in [0.25, 0.3) is 5.56 Å². The summed E-state index contributed by atoms with van der Waals surface area (Å²) in [6, 6.07) is 9.25.